The number of carboxylic acid groups (broad SMARTS) is 1. The minimum absolute atomic E-state index is 0.162. The minimum atomic E-state index is -0.998. The summed E-state index contributed by atoms with van der Waals surface area (Å²) in [5, 5.41) is 9.41. The molecular formula is C17H14Cl2I2O6. The fourth-order valence-electron chi connectivity index (χ4n) is 1.87. The van der Waals surface area contributed by atoms with E-state index in [-0.39, 0.29) is 5.56 Å². The Morgan fingerprint density at radius 3 is 1.59 bits per heavy atom. The number of ether oxygens (including phenoxy) is 3. The van der Waals surface area contributed by atoms with E-state index in [4.69, 9.17) is 37.8 Å². The van der Waals surface area contributed by atoms with Crippen molar-refractivity contribution >= 4 is 80.3 Å². The molecule has 0 saturated carbocycles. The van der Waals surface area contributed by atoms with E-state index in [2.05, 4.69) is 4.74 Å². The molecule has 0 aliphatic carbocycles. The molecule has 0 aromatic heterocycles. The lowest BCUT2D eigenvalue weighted by atomic mass is 10.2. The van der Waals surface area contributed by atoms with Crippen LogP contribution in [0.2, 0.25) is 10.0 Å². The average molecular weight is 639 g/mol. The van der Waals surface area contributed by atoms with E-state index in [0.717, 1.165) is 3.57 Å². The topological polar surface area (TPSA) is 82.1 Å². The summed E-state index contributed by atoms with van der Waals surface area (Å²) in [5.41, 5.74) is 0.581. The molecule has 2 rings (SSSR count). The molecule has 2 aromatic carbocycles. The predicted molar refractivity (Wildman–Crippen MR) is 120 cm³/mol. The van der Waals surface area contributed by atoms with Crippen LogP contribution in [0.15, 0.2) is 24.3 Å². The molecule has 0 aliphatic rings. The fourth-order valence-corrected chi connectivity index (χ4v) is 4.47. The molecular weight excluding hydrogens is 625 g/mol. The first-order valence-electron chi connectivity index (χ1n) is 7.03. The molecule has 0 atom stereocenters. The normalized spacial score (nSPS) is 9.74. The zero-order chi connectivity index (χ0) is 20.7. The summed E-state index contributed by atoms with van der Waals surface area (Å²) in [4.78, 5) is 21.8. The second-order valence-corrected chi connectivity index (χ2v) is 7.88. The summed E-state index contributed by atoms with van der Waals surface area (Å²) in [5.74, 6) is -0.331. The molecule has 2 aromatic rings. The Morgan fingerprint density at radius 2 is 1.26 bits per heavy atom. The zero-order valence-electron chi connectivity index (χ0n) is 14.3. The van der Waals surface area contributed by atoms with Gasteiger partial charge in [-0.2, -0.15) is 0 Å². The second-order valence-electron chi connectivity index (χ2n) is 4.74. The Balaban J connectivity index is 0.000000271. The maximum Gasteiger partial charge on any atom is 0.337 e. The number of aromatic carboxylic acids is 1. The largest absolute Gasteiger partial charge is 0.494 e. The lowest BCUT2D eigenvalue weighted by Crippen LogP contribution is -2.02. The van der Waals surface area contributed by atoms with E-state index in [9.17, 15) is 9.59 Å². The Morgan fingerprint density at radius 1 is 0.852 bits per heavy atom. The van der Waals surface area contributed by atoms with E-state index in [0.29, 0.717) is 30.7 Å². The highest BCUT2D eigenvalue weighted by atomic mass is 127. The number of esters is 1. The predicted octanol–water partition coefficient (Wildman–Crippen LogP) is 5.39. The van der Waals surface area contributed by atoms with E-state index in [1.54, 1.807) is 6.07 Å². The Kier molecular flexibility index (Phi) is 9.91. The van der Waals surface area contributed by atoms with Gasteiger partial charge in [0.15, 0.2) is 11.5 Å². The lowest BCUT2D eigenvalue weighted by molar-refractivity contribution is 0.0599. The van der Waals surface area contributed by atoms with Crippen LogP contribution < -0.4 is 9.47 Å². The molecule has 0 amide bonds. The van der Waals surface area contributed by atoms with E-state index < -0.39 is 11.9 Å². The molecule has 146 valence electrons. The molecule has 0 fully saturated rings. The van der Waals surface area contributed by atoms with Gasteiger partial charge in [0.1, 0.15) is 0 Å². The van der Waals surface area contributed by atoms with Gasteiger partial charge in [0.2, 0.25) is 0 Å². The highest BCUT2D eigenvalue weighted by Crippen LogP contribution is 2.32. The second kappa shape index (κ2) is 11.1. The molecule has 0 saturated heterocycles. The maximum absolute atomic E-state index is 11.2. The smallest absolute Gasteiger partial charge is 0.337 e. The highest BCUT2D eigenvalue weighted by Gasteiger charge is 2.13. The molecule has 0 aliphatic heterocycles. The first-order chi connectivity index (χ1) is 12.7. The van der Waals surface area contributed by atoms with Crippen LogP contribution in [-0.4, -0.2) is 38.4 Å². The molecule has 0 radical (unpaired) electrons. The number of hydrogen-bond donors (Lipinski definition) is 1. The summed E-state index contributed by atoms with van der Waals surface area (Å²) in [6, 6.07) is 6.06. The summed E-state index contributed by atoms with van der Waals surface area (Å²) >= 11 is 15.7. The Labute approximate surface area is 193 Å². The van der Waals surface area contributed by atoms with Crippen LogP contribution in [0.4, 0.5) is 0 Å². The Hall–Kier alpha value is -0.980. The number of rotatable bonds is 4. The molecule has 1 N–H and O–H groups in total. The minimum Gasteiger partial charge on any atom is -0.494 e. The van der Waals surface area contributed by atoms with Crippen molar-refractivity contribution in [3.05, 3.63) is 52.6 Å². The third kappa shape index (κ3) is 6.54. The maximum atomic E-state index is 11.2. The van der Waals surface area contributed by atoms with Gasteiger partial charge in [0.05, 0.1) is 49.6 Å². The van der Waals surface area contributed by atoms with Crippen LogP contribution >= 0.6 is 68.4 Å². The summed E-state index contributed by atoms with van der Waals surface area (Å²) in [6.07, 6.45) is 0. The van der Waals surface area contributed by atoms with Crippen molar-refractivity contribution < 1.29 is 28.9 Å². The van der Waals surface area contributed by atoms with Crippen molar-refractivity contribution in [3.8, 4) is 11.5 Å². The van der Waals surface area contributed by atoms with Gasteiger partial charge in [0, 0.05) is 0 Å². The standard InChI is InChI=1S/C9H8ClIO3.C8H6ClIO3/c1-13-8-6(10)3-5(4-7(8)11)9(12)14-2;1-13-7-5(9)2-4(8(11)12)3-6(7)10/h3-4H,1-2H3;2-3H,1H3,(H,11,12). The Bertz CT molecular complexity index is 811. The van der Waals surface area contributed by atoms with Gasteiger partial charge in [0.25, 0.3) is 0 Å². The first-order valence-corrected chi connectivity index (χ1v) is 9.95. The number of carbonyl (C=O) groups is 2. The van der Waals surface area contributed by atoms with Crippen LogP contribution in [-0.2, 0) is 4.74 Å². The summed E-state index contributed by atoms with van der Waals surface area (Å²) in [6.45, 7) is 0. The molecule has 0 spiro atoms. The van der Waals surface area contributed by atoms with Gasteiger partial charge in [-0.25, -0.2) is 9.59 Å². The number of methoxy groups -OCH3 is 3. The van der Waals surface area contributed by atoms with Gasteiger partial charge in [-0.15, -0.1) is 0 Å². The van der Waals surface area contributed by atoms with E-state index in [1.807, 2.05) is 45.2 Å². The number of halogens is 4. The SMILES string of the molecule is COC(=O)c1cc(Cl)c(OC)c(I)c1.COc1c(Cl)cc(C(=O)O)cc1I. The van der Waals surface area contributed by atoms with Crippen molar-refractivity contribution in [2.45, 2.75) is 0 Å². The van der Waals surface area contributed by atoms with Crippen molar-refractivity contribution in [2.24, 2.45) is 0 Å². The van der Waals surface area contributed by atoms with Crippen molar-refractivity contribution in [1.29, 1.82) is 0 Å². The van der Waals surface area contributed by atoms with E-state index in [1.165, 1.54) is 39.5 Å². The third-order valence-corrected chi connectivity index (χ3v) is 5.24. The van der Waals surface area contributed by atoms with Gasteiger partial charge in [-0.1, -0.05) is 23.2 Å². The monoisotopic (exact) mass is 638 g/mol. The molecule has 0 heterocycles. The molecule has 27 heavy (non-hydrogen) atoms. The van der Waals surface area contributed by atoms with Crippen molar-refractivity contribution in [1.82, 2.24) is 0 Å². The van der Waals surface area contributed by atoms with E-state index >= 15 is 0 Å². The van der Waals surface area contributed by atoms with Crippen LogP contribution in [0.3, 0.4) is 0 Å². The summed E-state index contributed by atoms with van der Waals surface area (Å²) < 4.78 is 16.1. The zero-order valence-corrected chi connectivity index (χ0v) is 20.1. The van der Waals surface area contributed by atoms with Crippen LogP contribution in [0.1, 0.15) is 20.7 Å². The van der Waals surface area contributed by atoms with Crippen molar-refractivity contribution in [3.63, 3.8) is 0 Å². The first kappa shape index (κ1) is 24.1. The average Bonchev–Trinajstić information content (AvgIpc) is 2.60. The van der Waals surface area contributed by atoms with Gasteiger partial charge in [-0.05, 0) is 69.4 Å². The van der Waals surface area contributed by atoms with Gasteiger partial charge >= 0.3 is 11.9 Å². The van der Waals surface area contributed by atoms with Crippen LogP contribution in [0.25, 0.3) is 0 Å². The van der Waals surface area contributed by atoms with Gasteiger partial charge in [-0.3, -0.25) is 0 Å². The lowest BCUT2D eigenvalue weighted by Gasteiger charge is -2.07. The van der Waals surface area contributed by atoms with Crippen LogP contribution in [0, 0.1) is 7.14 Å². The number of carboxylic acids is 1. The number of benzene rings is 2. The fraction of sp³-hybridized carbons (Fsp3) is 0.176. The molecule has 6 nitrogen and oxygen atoms in total. The van der Waals surface area contributed by atoms with Crippen LogP contribution in [0.5, 0.6) is 11.5 Å². The molecule has 0 unspecified atom stereocenters. The quantitative estimate of drug-likeness (QED) is 0.357. The summed E-state index contributed by atoms with van der Waals surface area (Å²) in [7, 11) is 4.35. The van der Waals surface area contributed by atoms with Gasteiger partial charge < -0.3 is 19.3 Å². The number of carbonyl (C=O) groups excluding carboxylic acids is 1. The molecule has 10 heteroatoms. The highest BCUT2D eigenvalue weighted by molar-refractivity contribution is 14.1. The third-order valence-electron chi connectivity index (χ3n) is 3.07. The van der Waals surface area contributed by atoms with Crippen molar-refractivity contribution in [2.75, 3.05) is 21.3 Å². The molecule has 0 bridgehead atoms. The number of hydrogen-bond acceptors (Lipinski definition) is 5.